The van der Waals surface area contributed by atoms with Gasteiger partial charge in [0.2, 0.25) is 0 Å². The maximum atomic E-state index is 13.1. The highest BCUT2D eigenvalue weighted by atomic mass is 19.1. The number of esters is 1. The number of rotatable bonds is 6. The molecule has 0 radical (unpaired) electrons. The van der Waals surface area contributed by atoms with Crippen LogP contribution in [-0.4, -0.2) is 25.0 Å². The van der Waals surface area contributed by atoms with Crippen molar-refractivity contribution >= 4 is 28.3 Å². The van der Waals surface area contributed by atoms with E-state index in [-0.39, 0.29) is 13.0 Å². The van der Waals surface area contributed by atoms with Crippen molar-refractivity contribution in [2.24, 2.45) is 0 Å². The fourth-order valence-electron chi connectivity index (χ4n) is 2.87. The molecule has 0 atom stereocenters. The largest absolute Gasteiger partial charge is 0.452 e. The molecule has 0 aliphatic rings. The molecular weight excluding hydrogens is 359 g/mol. The van der Waals surface area contributed by atoms with E-state index in [1.54, 1.807) is 12.1 Å². The van der Waals surface area contributed by atoms with Gasteiger partial charge >= 0.3 is 5.97 Å². The van der Waals surface area contributed by atoms with Gasteiger partial charge in [-0.25, -0.2) is 9.18 Å². The van der Waals surface area contributed by atoms with Crippen LogP contribution in [0.4, 0.5) is 10.1 Å². The van der Waals surface area contributed by atoms with Gasteiger partial charge in [0.25, 0.3) is 5.91 Å². The Morgan fingerprint density at radius 1 is 1.00 bits per heavy atom. The van der Waals surface area contributed by atoms with E-state index in [0.29, 0.717) is 11.3 Å². The zero-order chi connectivity index (χ0) is 19.9. The number of hydrogen-bond donors (Lipinski definition) is 0. The van der Waals surface area contributed by atoms with Gasteiger partial charge in [-0.3, -0.25) is 4.79 Å². The minimum absolute atomic E-state index is 0.0976. The Morgan fingerprint density at radius 2 is 1.71 bits per heavy atom. The van der Waals surface area contributed by atoms with Gasteiger partial charge < -0.3 is 9.64 Å². The van der Waals surface area contributed by atoms with Crippen LogP contribution >= 0.6 is 0 Å². The lowest BCUT2D eigenvalue weighted by Gasteiger charge is -2.21. The predicted molar refractivity (Wildman–Crippen MR) is 103 cm³/mol. The van der Waals surface area contributed by atoms with Crippen molar-refractivity contribution in [3.05, 3.63) is 78.1 Å². The fourth-order valence-corrected chi connectivity index (χ4v) is 2.87. The lowest BCUT2D eigenvalue weighted by Crippen LogP contribution is -2.35. The van der Waals surface area contributed by atoms with Crippen molar-refractivity contribution in [1.29, 1.82) is 5.26 Å². The van der Waals surface area contributed by atoms with Crippen molar-refractivity contribution in [2.45, 2.75) is 6.42 Å². The Morgan fingerprint density at radius 3 is 2.46 bits per heavy atom. The molecule has 0 fully saturated rings. The molecule has 1 amide bonds. The van der Waals surface area contributed by atoms with Gasteiger partial charge in [0, 0.05) is 12.2 Å². The summed E-state index contributed by atoms with van der Waals surface area (Å²) in [4.78, 5) is 26.4. The number of nitriles is 1. The smallest absolute Gasteiger partial charge is 0.339 e. The highest BCUT2D eigenvalue weighted by Gasteiger charge is 2.19. The number of amides is 1. The van der Waals surface area contributed by atoms with Crippen molar-refractivity contribution in [2.75, 3.05) is 18.1 Å². The normalized spacial score (nSPS) is 10.3. The number of carbonyl (C=O) groups excluding carboxylic acids is 2. The van der Waals surface area contributed by atoms with Crippen molar-refractivity contribution in [3.8, 4) is 6.07 Å². The number of fused-ring (bicyclic) bond motifs is 1. The van der Waals surface area contributed by atoms with E-state index in [9.17, 15) is 14.0 Å². The first-order valence-electron chi connectivity index (χ1n) is 8.68. The van der Waals surface area contributed by atoms with Crippen LogP contribution in [0.15, 0.2) is 66.7 Å². The molecular formula is C22H17FN2O3. The lowest BCUT2D eigenvalue weighted by molar-refractivity contribution is -0.121. The van der Waals surface area contributed by atoms with Gasteiger partial charge in [0.1, 0.15) is 5.82 Å². The van der Waals surface area contributed by atoms with Gasteiger partial charge in [-0.2, -0.15) is 5.26 Å². The molecule has 140 valence electrons. The van der Waals surface area contributed by atoms with Crippen LogP contribution in [0.3, 0.4) is 0 Å². The summed E-state index contributed by atoms with van der Waals surface area (Å²) in [5.74, 6) is -1.53. The molecule has 0 aliphatic carbocycles. The highest BCUT2D eigenvalue weighted by molar-refractivity contribution is 6.05. The Labute approximate surface area is 161 Å². The van der Waals surface area contributed by atoms with Gasteiger partial charge in [-0.05, 0) is 41.1 Å². The summed E-state index contributed by atoms with van der Waals surface area (Å²) in [5.41, 5.74) is 0.805. The van der Waals surface area contributed by atoms with Crippen LogP contribution in [0.25, 0.3) is 10.8 Å². The molecule has 3 aromatic rings. The zero-order valence-corrected chi connectivity index (χ0v) is 15.0. The first kappa shape index (κ1) is 19.1. The molecule has 28 heavy (non-hydrogen) atoms. The van der Waals surface area contributed by atoms with Crippen LogP contribution < -0.4 is 4.90 Å². The zero-order valence-electron chi connectivity index (χ0n) is 15.0. The topological polar surface area (TPSA) is 70.4 Å². The quantitative estimate of drug-likeness (QED) is 0.608. The number of nitrogens with zero attached hydrogens (tertiary/aromatic N) is 2. The van der Waals surface area contributed by atoms with Gasteiger partial charge in [0.15, 0.2) is 6.61 Å². The summed E-state index contributed by atoms with van der Waals surface area (Å²) in [6.07, 6.45) is 0.0976. The molecule has 0 N–H and O–H groups in total. The van der Waals surface area contributed by atoms with Gasteiger partial charge in [-0.15, -0.1) is 0 Å². The fraction of sp³-hybridized carbons (Fsp3) is 0.136. The Balaban J connectivity index is 1.73. The number of halogens is 1. The maximum absolute atomic E-state index is 13.1. The molecule has 0 unspecified atom stereocenters. The number of benzene rings is 3. The summed E-state index contributed by atoms with van der Waals surface area (Å²) in [6, 6.07) is 20.0. The molecule has 6 heteroatoms. The second-order valence-corrected chi connectivity index (χ2v) is 6.03. The molecule has 0 saturated carbocycles. The number of hydrogen-bond acceptors (Lipinski definition) is 4. The Kier molecular flexibility index (Phi) is 5.97. The minimum atomic E-state index is -0.607. The molecule has 5 nitrogen and oxygen atoms in total. The van der Waals surface area contributed by atoms with Crippen molar-refractivity contribution in [3.63, 3.8) is 0 Å². The van der Waals surface area contributed by atoms with E-state index in [0.717, 1.165) is 10.8 Å². The molecule has 0 bridgehead atoms. The third-order valence-corrected chi connectivity index (χ3v) is 4.22. The van der Waals surface area contributed by atoms with E-state index < -0.39 is 24.3 Å². The number of carbonyl (C=O) groups is 2. The maximum Gasteiger partial charge on any atom is 0.339 e. The average Bonchev–Trinajstić information content (AvgIpc) is 2.73. The summed E-state index contributed by atoms with van der Waals surface area (Å²) in [5, 5.41) is 10.5. The summed E-state index contributed by atoms with van der Waals surface area (Å²) in [7, 11) is 0. The van der Waals surface area contributed by atoms with E-state index in [1.165, 1.54) is 29.2 Å². The first-order valence-corrected chi connectivity index (χ1v) is 8.68. The Hall–Kier alpha value is -3.72. The molecule has 3 rings (SSSR count). The summed E-state index contributed by atoms with van der Waals surface area (Å²) < 4.78 is 18.4. The monoisotopic (exact) mass is 376 g/mol. The summed E-state index contributed by atoms with van der Waals surface area (Å²) in [6.45, 7) is -0.363. The van der Waals surface area contributed by atoms with E-state index in [1.807, 2.05) is 36.4 Å². The standard InChI is InChI=1S/C22H17FN2O3/c23-17-9-11-18(12-10-17)25(14-4-13-24)21(26)15-28-22(27)20-8-3-6-16-5-1-2-7-19(16)20/h1-3,5-12H,4,14-15H2. The van der Waals surface area contributed by atoms with Crippen molar-refractivity contribution in [1.82, 2.24) is 0 Å². The minimum Gasteiger partial charge on any atom is -0.452 e. The average molecular weight is 376 g/mol. The number of anilines is 1. The van der Waals surface area contributed by atoms with E-state index >= 15 is 0 Å². The first-order chi connectivity index (χ1) is 13.6. The molecule has 0 aliphatic heterocycles. The van der Waals surface area contributed by atoms with E-state index in [2.05, 4.69) is 0 Å². The van der Waals surface area contributed by atoms with Crippen LogP contribution in [0, 0.1) is 17.1 Å². The van der Waals surface area contributed by atoms with Gasteiger partial charge in [-0.1, -0.05) is 36.4 Å². The van der Waals surface area contributed by atoms with Gasteiger partial charge in [0.05, 0.1) is 18.1 Å². The molecule has 0 aromatic heterocycles. The predicted octanol–water partition coefficient (Wildman–Crippen LogP) is 4.08. The highest BCUT2D eigenvalue weighted by Crippen LogP contribution is 2.20. The number of ether oxygens (including phenoxy) is 1. The van der Waals surface area contributed by atoms with Crippen LogP contribution in [0.2, 0.25) is 0 Å². The second-order valence-electron chi connectivity index (χ2n) is 6.03. The third kappa shape index (κ3) is 4.33. The summed E-state index contributed by atoms with van der Waals surface area (Å²) >= 11 is 0. The van der Waals surface area contributed by atoms with Crippen LogP contribution in [-0.2, 0) is 9.53 Å². The SMILES string of the molecule is N#CCCN(C(=O)COC(=O)c1cccc2ccccc12)c1ccc(F)cc1. The van der Waals surface area contributed by atoms with Crippen molar-refractivity contribution < 1.29 is 18.7 Å². The molecule has 0 saturated heterocycles. The lowest BCUT2D eigenvalue weighted by atomic mass is 10.1. The molecule has 0 heterocycles. The van der Waals surface area contributed by atoms with E-state index in [4.69, 9.17) is 10.00 Å². The Bertz CT molecular complexity index is 1040. The molecule has 3 aromatic carbocycles. The third-order valence-electron chi connectivity index (χ3n) is 4.22. The van der Waals surface area contributed by atoms with Crippen LogP contribution in [0.1, 0.15) is 16.8 Å². The molecule has 0 spiro atoms. The van der Waals surface area contributed by atoms with Crippen LogP contribution in [0.5, 0.6) is 0 Å². The second kappa shape index (κ2) is 8.78.